The highest BCUT2D eigenvalue weighted by Crippen LogP contribution is 2.25. The van der Waals surface area contributed by atoms with Crippen molar-refractivity contribution in [2.75, 3.05) is 0 Å². The van der Waals surface area contributed by atoms with E-state index in [9.17, 15) is 9.18 Å². The Bertz CT molecular complexity index is 463. The van der Waals surface area contributed by atoms with Gasteiger partial charge in [0.25, 0.3) is 0 Å². The van der Waals surface area contributed by atoms with E-state index in [2.05, 4.69) is 15.9 Å². The number of rotatable bonds is 3. The first-order valence-corrected chi connectivity index (χ1v) is 7.59. The van der Waals surface area contributed by atoms with Crippen molar-refractivity contribution in [3.8, 4) is 0 Å². The van der Waals surface area contributed by atoms with Gasteiger partial charge in [0.05, 0.1) is 0 Å². The summed E-state index contributed by atoms with van der Waals surface area (Å²) in [6.45, 7) is 0. The molecule has 1 aromatic rings. The minimum Gasteiger partial charge on any atom is -0.327 e. The molecule has 1 fully saturated rings. The molecule has 0 bridgehead atoms. The molecule has 2 unspecified atom stereocenters. The molecule has 1 saturated carbocycles. The van der Waals surface area contributed by atoms with E-state index in [0.717, 1.165) is 36.6 Å². The minimum atomic E-state index is -0.321. The van der Waals surface area contributed by atoms with Gasteiger partial charge < -0.3 is 5.73 Å². The van der Waals surface area contributed by atoms with E-state index in [4.69, 9.17) is 5.73 Å². The van der Waals surface area contributed by atoms with E-state index in [1.54, 1.807) is 12.1 Å². The molecule has 1 aliphatic rings. The van der Waals surface area contributed by atoms with Crippen LogP contribution in [0.3, 0.4) is 0 Å². The maximum absolute atomic E-state index is 13.7. The van der Waals surface area contributed by atoms with Crippen LogP contribution in [0.5, 0.6) is 0 Å². The normalized spacial score (nSPS) is 23.9. The second-order valence-electron chi connectivity index (χ2n) is 5.29. The van der Waals surface area contributed by atoms with Crippen LogP contribution in [0.1, 0.15) is 37.7 Å². The molecule has 0 spiro atoms. The largest absolute Gasteiger partial charge is 0.327 e. The van der Waals surface area contributed by atoms with Crippen LogP contribution in [0.15, 0.2) is 22.7 Å². The second kappa shape index (κ2) is 6.62. The van der Waals surface area contributed by atoms with Gasteiger partial charge >= 0.3 is 0 Å². The number of ketones is 1. The Morgan fingerprint density at radius 1 is 1.32 bits per heavy atom. The number of nitrogens with two attached hydrogens (primary N) is 1. The number of carbonyl (C=O) groups excluding carboxylic acids is 1. The van der Waals surface area contributed by atoms with Gasteiger partial charge in [-0.25, -0.2) is 4.39 Å². The van der Waals surface area contributed by atoms with Gasteiger partial charge in [0, 0.05) is 22.9 Å². The molecule has 2 nitrogen and oxygen atoms in total. The van der Waals surface area contributed by atoms with Crippen molar-refractivity contribution >= 4 is 21.7 Å². The average molecular weight is 328 g/mol. The fourth-order valence-electron chi connectivity index (χ4n) is 2.73. The Morgan fingerprint density at radius 3 is 2.84 bits per heavy atom. The zero-order valence-corrected chi connectivity index (χ0v) is 12.5. The van der Waals surface area contributed by atoms with Crippen molar-refractivity contribution in [2.45, 2.75) is 44.6 Å². The summed E-state index contributed by atoms with van der Waals surface area (Å²) in [4.78, 5) is 12.3. The van der Waals surface area contributed by atoms with Crippen LogP contribution >= 0.6 is 15.9 Å². The SMILES string of the molecule is NC1CCCCCC1C(=O)Cc1cc(Br)ccc1F. The molecule has 19 heavy (non-hydrogen) atoms. The smallest absolute Gasteiger partial charge is 0.141 e. The van der Waals surface area contributed by atoms with Crippen molar-refractivity contribution in [1.82, 2.24) is 0 Å². The van der Waals surface area contributed by atoms with Gasteiger partial charge in [-0.15, -0.1) is 0 Å². The van der Waals surface area contributed by atoms with E-state index in [1.165, 1.54) is 6.07 Å². The molecule has 0 aliphatic heterocycles. The summed E-state index contributed by atoms with van der Waals surface area (Å²) in [7, 11) is 0. The summed E-state index contributed by atoms with van der Waals surface area (Å²) >= 11 is 3.30. The molecule has 2 N–H and O–H groups in total. The van der Waals surface area contributed by atoms with Gasteiger partial charge in [-0.1, -0.05) is 35.2 Å². The van der Waals surface area contributed by atoms with Gasteiger partial charge in [0.15, 0.2) is 0 Å². The van der Waals surface area contributed by atoms with Crippen molar-refractivity contribution in [3.63, 3.8) is 0 Å². The molecule has 0 aromatic heterocycles. The lowest BCUT2D eigenvalue weighted by molar-refractivity contribution is -0.123. The first kappa shape index (κ1) is 14.7. The highest BCUT2D eigenvalue weighted by molar-refractivity contribution is 9.10. The van der Waals surface area contributed by atoms with Crippen molar-refractivity contribution < 1.29 is 9.18 Å². The molecular weight excluding hydrogens is 309 g/mol. The van der Waals surface area contributed by atoms with Crippen molar-refractivity contribution in [3.05, 3.63) is 34.1 Å². The molecule has 0 radical (unpaired) electrons. The predicted molar refractivity (Wildman–Crippen MR) is 77.4 cm³/mol. The van der Waals surface area contributed by atoms with Crippen molar-refractivity contribution in [1.29, 1.82) is 0 Å². The number of benzene rings is 1. The molecule has 0 amide bonds. The number of hydrogen-bond donors (Lipinski definition) is 1. The summed E-state index contributed by atoms with van der Waals surface area (Å²) in [5.41, 5.74) is 6.53. The third-order valence-corrected chi connectivity index (χ3v) is 4.35. The second-order valence-corrected chi connectivity index (χ2v) is 6.20. The number of Topliss-reactive ketones (excluding diaryl/α,β-unsaturated/α-hetero) is 1. The lowest BCUT2D eigenvalue weighted by Gasteiger charge is -2.20. The fraction of sp³-hybridized carbons (Fsp3) is 0.533. The molecule has 2 atom stereocenters. The Balaban J connectivity index is 2.09. The highest BCUT2D eigenvalue weighted by atomic mass is 79.9. The van der Waals surface area contributed by atoms with Crippen LogP contribution in [0, 0.1) is 11.7 Å². The summed E-state index contributed by atoms with van der Waals surface area (Å²) in [5, 5.41) is 0. The number of hydrogen-bond acceptors (Lipinski definition) is 2. The monoisotopic (exact) mass is 327 g/mol. The van der Waals surface area contributed by atoms with Gasteiger partial charge in [-0.05, 0) is 36.6 Å². The first-order valence-electron chi connectivity index (χ1n) is 6.80. The maximum atomic E-state index is 13.7. The van der Waals surface area contributed by atoms with Crippen LogP contribution in [-0.2, 0) is 11.2 Å². The van der Waals surface area contributed by atoms with Crippen molar-refractivity contribution in [2.24, 2.45) is 11.7 Å². The molecule has 4 heteroatoms. The zero-order valence-electron chi connectivity index (χ0n) is 10.9. The lowest BCUT2D eigenvalue weighted by atomic mass is 9.88. The van der Waals surface area contributed by atoms with Crippen LogP contribution in [0.2, 0.25) is 0 Å². The van der Waals surface area contributed by atoms with Gasteiger partial charge in [-0.3, -0.25) is 4.79 Å². The quantitative estimate of drug-likeness (QED) is 0.862. The van der Waals surface area contributed by atoms with Crippen LogP contribution in [0.25, 0.3) is 0 Å². The predicted octanol–water partition coefficient (Wildman–Crippen LogP) is 3.61. The molecule has 1 aliphatic carbocycles. The standard InChI is InChI=1S/C15H19BrFNO/c16-11-6-7-13(17)10(8-11)9-15(19)12-4-2-1-3-5-14(12)18/h6-8,12,14H,1-5,9,18H2. The number of carbonyl (C=O) groups is 1. The van der Waals surface area contributed by atoms with Gasteiger partial charge in [-0.2, -0.15) is 0 Å². The lowest BCUT2D eigenvalue weighted by Crippen LogP contribution is -2.35. The highest BCUT2D eigenvalue weighted by Gasteiger charge is 2.27. The van der Waals surface area contributed by atoms with E-state index in [1.807, 2.05) is 0 Å². The Labute approximate surface area is 121 Å². The van der Waals surface area contributed by atoms with E-state index >= 15 is 0 Å². The fourth-order valence-corrected chi connectivity index (χ4v) is 3.14. The van der Waals surface area contributed by atoms with Crippen LogP contribution in [-0.4, -0.2) is 11.8 Å². The molecule has 0 saturated heterocycles. The molecular formula is C15H19BrFNO. The molecule has 104 valence electrons. The Morgan fingerprint density at radius 2 is 2.05 bits per heavy atom. The Hall–Kier alpha value is -0.740. The van der Waals surface area contributed by atoms with Crippen LogP contribution < -0.4 is 5.73 Å². The summed E-state index contributed by atoms with van der Waals surface area (Å²) < 4.78 is 14.5. The molecule has 0 heterocycles. The van der Waals surface area contributed by atoms with E-state index < -0.39 is 0 Å². The summed E-state index contributed by atoms with van der Waals surface area (Å²) in [6.07, 6.45) is 5.17. The van der Waals surface area contributed by atoms with Crippen LogP contribution in [0.4, 0.5) is 4.39 Å². The van der Waals surface area contributed by atoms with Gasteiger partial charge in [0.2, 0.25) is 0 Å². The van der Waals surface area contributed by atoms with Gasteiger partial charge in [0.1, 0.15) is 11.6 Å². The first-order chi connectivity index (χ1) is 9.08. The maximum Gasteiger partial charge on any atom is 0.141 e. The minimum absolute atomic E-state index is 0.0646. The number of halogens is 2. The van der Waals surface area contributed by atoms with E-state index in [-0.39, 0.29) is 30.0 Å². The zero-order chi connectivity index (χ0) is 13.8. The third-order valence-electron chi connectivity index (χ3n) is 3.86. The third kappa shape index (κ3) is 3.86. The topological polar surface area (TPSA) is 43.1 Å². The molecule has 1 aromatic carbocycles. The summed E-state index contributed by atoms with van der Waals surface area (Å²) in [6, 6.07) is 4.64. The average Bonchev–Trinajstić information content (AvgIpc) is 2.58. The van der Waals surface area contributed by atoms with E-state index in [0.29, 0.717) is 5.56 Å². The molecule has 2 rings (SSSR count). The Kier molecular flexibility index (Phi) is 5.11. The summed E-state index contributed by atoms with van der Waals surface area (Å²) in [5.74, 6) is -0.356.